The van der Waals surface area contributed by atoms with Crippen molar-refractivity contribution in [2.75, 3.05) is 26.8 Å². The fourth-order valence-corrected chi connectivity index (χ4v) is 2.78. The number of nitrogens with zero attached hydrogens (tertiary/aromatic N) is 1. The highest BCUT2D eigenvalue weighted by atomic mass is 16.5. The number of benzene rings is 1. The van der Waals surface area contributed by atoms with Gasteiger partial charge in [-0.1, -0.05) is 29.8 Å². The first-order valence-electron chi connectivity index (χ1n) is 7.15. The molecule has 0 unspecified atom stereocenters. The Balaban J connectivity index is 2.07. The summed E-state index contributed by atoms with van der Waals surface area (Å²) in [6.07, 6.45) is 2.04. The minimum atomic E-state index is -0.789. The van der Waals surface area contributed by atoms with E-state index in [-0.39, 0.29) is 0 Å². The van der Waals surface area contributed by atoms with Gasteiger partial charge in [-0.3, -0.25) is 9.69 Å². The second-order valence-electron chi connectivity index (χ2n) is 5.65. The number of carbonyl (C=O) groups is 1. The van der Waals surface area contributed by atoms with Gasteiger partial charge in [0, 0.05) is 19.8 Å². The molecule has 0 amide bonds. The van der Waals surface area contributed by atoms with Crippen LogP contribution in [0.4, 0.5) is 0 Å². The maximum Gasteiger partial charge on any atom is 0.325 e. The first-order valence-corrected chi connectivity index (χ1v) is 7.15. The highest BCUT2D eigenvalue weighted by molar-refractivity contribution is 5.75. The molecule has 1 heterocycles. The number of aliphatic carboxylic acids is 1. The fourth-order valence-electron chi connectivity index (χ4n) is 2.78. The predicted molar refractivity (Wildman–Crippen MR) is 77.7 cm³/mol. The average Bonchev–Trinajstić information content (AvgIpc) is 2.42. The van der Waals surface area contributed by atoms with E-state index < -0.39 is 12.0 Å². The Labute approximate surface area is 120 Å². The molecule has 0 spiro atoms. The molecule has 4 heteroatoms. The molecule has 0 saturated carbocycles. The maximum absolute atomic E-state index is 11.6. The largest absolute Gasteiger partial charge is 0.480 e. The van der Waals surface area contributed by atoms with E-state index in [0.29, 0.717) is 5.92 Å². The second-order valence-corrected chi connectivity index (χ2v) is 5.65. The molecule has 110 valence electrons. The van der Waals surface area contributed by atoms with Crippen LogP contribution in [0.15, 0.2) is 24.3 Å². The van der Waals surface area contributed by atoms with Crippen molar-refractivity contribution in [3.63, 3.8) is 0 Å². The van der Waals surface area contributed by atoms with Gasteiger partial charge in [0.25, 0.3) is 0 Å². The lowest BCUT2D eigenvalue weighted by molar-refractivity contribution is -0.143. The predicted octanol–water partition coefficient (Wildman–Crippen LogP) is 2.48. The van der Waals surface area contributed by atoms with Crippen molar-refractivity contribution < 1.29 is 14.6 Å². The molecule has 20 heavy (non-hydrogen) atoms. The van der Waals surface area contributed by atoms with E-state index in [4.69, 9.17) is 4.74 Å². The first-order chi connectivity index (χ1) is 9.58. The van der Waals surface area contributed by atoms with Gasteiger partial charge in [0.2, 0.25) is 0 Å². The number of hydrogen-bond acceptors (Lipinski definition) is 3. The Kier molecular flexibility index (Phi) is 5.15. The lowest BCUT2D eigenvalue weighted by atomic mass is 9.97. The zero-order valence-corrected chi connectivity index (χ0v) is 12.2. The van der Waals surface area contributed by atoms with E-state index in [9.17, 15) is 9.90 Å². The zero-order chi connectivity index (χ0) is 14.5. The Morgan fingerprint density at radius 2 is 1.95 bits per heavy atom. The van der Waals surface area contributed by atoms with Crippen molar-refractivity contribution in [2.24, 2.45) is 5.92 Å². The van der Waals surface area contributed by atoms with Crippen molar-refractivity contribution in [3.05, 3.63) is 35.4 Å². The van der Waals surface area contributed by atoms with Crippen LogP contribution in [-0.2, 0) is 9.53 Å². The fraction of sp³-hybridized carbons (Fsp3) is 0.562. The van der Waals surface area contributed by atoms with Gasteiger partial charge in [-0.05, 0) is 38.3 Å². The van der Waals surface area contributed by atoms with Gasteiger partial charge in [0.1, 0.15) is 6.04 Å². The standard InChI is InChI=1S/C16H23NO3/c1-12-3-5-14(6-4-12)15(16(18)19)17(2)11-13-7-9-20-10-8-13/h3-6,13,15H,7-11H2,1-2H3,(H,18,19)/t15-/m0/s1. The van der Waals surface area contributed by atoms with Crippen LogP contribution >= 0.6 is 0 Å². The quantitative estimate of drug-likeness (QED) is 0.898. The highest BCUT2D eigenvalue weighted by Crippen LogP contribution is 2.24. The molecule has 2 rings (SSSR count). The molecule has 1 aromatic carbocycles. The lowest BCUT2D eigenvalue weighted by Gasteiger charge is -2.31. The summed E-state index contributed by atoms with van der Waals surface area (Å²) < 4.78 is 5.35. The summed E-state index contributed by atoms with van der Waals surface area (Å²) in [7, 11) is 1.90. The van der Waals surface area contributed by atoms with Crippen LogP contribution in [0.5, 0.6) is 0 Å². The van der Waals surface area contributed by atoms with Crippen LogP contribution < -0.4 is 0 Å². The summed E-state index contributed by atoms with van der Waals surface area (Å²) in [5.41, 5.74) is 1.99. The van der Waals surface area contributed by atoms with Gasteiger partial charge in [-0.25, -0.2) is 0 Å². The van der Waals surface area contributed by atoms with E-state index in [1.165, 1.54) is 0 Å². The third kappa shape index (κ3) is 3.81. The smallest absolute Gasteiger partial charge is 0.325 e. The van der Waals surface area contributed by atoms with E-state index >= 15 is 0 Å². The first kappa shape index (κ1) is 15.0. The summed E-state index contributed by atoms with van der Waals surface area (Å²) >= 11 is 0. The van der Waals surface area contributed by atoms with Crippen molar-refractivity contribution >= 4 is 5.97 Å². The second kappa shape index (κ2) is 6.86. The minimum Gasteiger partial charge on any atom is -0.480 e. The minimum absolute atomic E-state index is 0.529. The number of carboxylic acid groups (broad SMARTS) is 1. The monoisotopic (exact) mass is 277 g/mol. The molecule has 1 aliphatic rings. The molecule has 1 N–H and O–H groups in total. The van der Waals surface area contributed by atoms with E-state index in [1.807, 2.05) is 43.1 Å². The highest BCUT2D eigenvalue weighted by Gasteiger charge is 2.27. The molecule has 0 bridgehead atoms. The molecule has 1 fully saturated rings. The van der Waals surface area contributed by atoms with Gasteiger partial charge < -0.3 is 9.84 Å². The normalized spacial score (nSPS) is 18.1. The number of aryl methyl sites for hydroxylation is 1. The Hall–Kier alpha value is -1.39. The van der Waals surface area contributed by atoms with Crippen LogP contribution in [0.2, 0.25) is 0 Å². The molecule has 0 radical (unpaired) electrons. The van der Waals surface area contributed by atoms with Gasteiger partial charge in [0.15, 0.2) is 0 Å². The summed E-state index contributed by atoms with van der Waals surface area (Å²) in [6, 6.07) is 7.18. The third-order valence-electron chi connectivity index (χ3n) is 3.95. The van der Waals surface area contributed by atoms with Crippen LogP contribution in [-0.4, -0.2) is 42.8 Å². The van der Waals surface area contributed by atoms with E-state index in [2.05, 4.69) is 0 Å². The number of rotatable bonds is 5. The van der Waals surface area contributed by atoms with Crippen LogP contribution in [0.1, 0.15) is 30.0 Å². The SMILES string of the molecule is Cc1ccc([C@@H](C(=O)O)N(C)CC2CCOCC2)cc1. The third-order valence-corrected chi connectivity index (χ3v) is 3.95. The van der Waals surface area contributed by atoms with Gasteiger partial charge in [-0.15, -0.1) is 0 Å². The van der Waals surface area contributed by atoms with Crippen molar-refractivity contribution in [1.29, 1.82) is 0 Å². The number of likely N-dealkylation sites (N-methyl/N-ethyl adjacent to an activating group) is 1. The molecule has 4 nitrogen and oxygen atoms in total. The zero-order valence-electron chi connectivity index (χ0n) is 12.2. The van der Waals surface area contributed by atoms with Gasteiger partial charge in [0.05, 0.1) is 0 Å². The Bertz CT molecular complexity index is 438. The van der Waals surface area contributed by atoms with Gasteiger partial charge >= 0.3 is 5.97 Å². The van der Waals surface area contributed by atoms with Crippen LogP contribution in [0.25, 0.3) is 0 Å². The molecule has 1 aromatic rings. The molecular formula is C16H23NO3. The Morgan fingerprint density at radius 1 is 1.35 bits per heavy atom. The maximum atomic E-state index is 11.6. The average molecular weight is 277 g/mol. The number of ether oxygens (including phenoxy) is 1. The van der Waals surface area contributed by atoms with Crippen molar-refractivity contribution in [3.8, 4) is 0 Å². The van der Waals surface area contributed by atoms with E-state index in [1.54, 1.807) is 0 Å². The summed E-state index contributed by atoms with van der Waals surface area (Å²) in [4.78, 5) is 13.5. The topological polar surface area (TPSA) is 49.8 Å². The van der Waals surface area contributed by atoms with Crippen molar-refractivity contribution in [2.45, 2.75) is 25.8 Å². The number of carboxylic acids is 1. The molecule has 0 aromatic heterocycles. The molecule has 1 aliphatic heterocycles. The molecule has 1 atom stereocenters. The van der Waals surface area contributed by atoms with Crippen LogP contribution in [0, 0.1) is 12.8 Å². The van der Waals surface area contributed by atoms with E-state index in [0.717, 1.165) is 43.7 Å². The molecule has 1 saturated heterocycles. The summed E-state index contributed by atoms with van der Waals surface area (Å²) in [5, 5.41) is 9.53. The Morgan fingerprint density at radius 3 is 2.50 bits per heavy atom. The summed E-state index contributed by atoms with van der Waals surface area (Å²) in [6.45, 7) is 4.39. The van der Waals surface area contributed by atoms with Crippen molar-refractivity contribution in [1.82, 2.24) is 4.90 Å². The summed E-state index contributed by atoms with van der Waals surface area (Å²) in [5.74, 6) is -0.260. The van der Waals surface area contributed by atoms with Crippen LogP contribution in [0.3, 0.4) is 0 Å². The lowest BCUT2D eigenvalue weighted by Crippen LogP contribution is -2.36. The molecular weight excluding hydrogens is 254 g/mol. The van der Waals surface area contributed by atoms with Gasteiger partial charge in [-0.2, -0.15) is 0 Å². The molecule has 0 aliphatic carbocycles. The number of hydrogen-bond donors (Lipinski definition) is 1.